The number of ether oxygens (including phenoxy) is 1. The molecule has 1 spiro atoms. The van der Waals surface area contributed by atoms with Crippen LogP contribution in [-0.4, -0.2) is 48.2 Å². The van der Waals surface area contributed by atoms with Crippen LogP contribution in [0.2, 0.25) is 0 Å². The molecule has 1 atom stereocenters. The van der Waals surface area contributed by atoms with Crippen LogP contribution in [0.1, 0.15) is 29.6 Å². The molecule has 7 heteroatoms. The lowest BCUT2D eigenvalue weighted by Gasteiger charge is -2.38. The van der Waals surface area contributed by atoms with Gasteiger partial charge in [0.05, 0.1) is 13.7 Å². The van der Waals surface area contributed by atoms with Gasteiger partial charge >= 0.3 is 0 Å². The van der Waals surface area contributed by atoms with Crippen molar-refractivity contribution in [3.8, 4) is 5.75 Å². The number of rotatable bonds is 4. The second-order valence-corrected chi connectivity index (χ2v) is 7.37. The summed E-state index contributed by atoms with van der Waals surface area (Å²) in [6.07, 6.45) is 1.95. The molecule has 0 radical (unpaired) electrons. The maximum Gasteiger partial charge on any atom is 0.273 e. The second kappa shape index (κ2) is 7.95. The van der Waals surface area contributed by atoms with Crippen molar-refractivity contribution < 1.29 is 19.2 Å². The lowest BCUT2D eigenvalue weighted by atomic mass is 9.87. The first-order valence-corrected chi connectivity index (χ1v) is 9.63. The molecule has 1 fully saturated rings. The molecule has 2 aromatic rings. The van der Waals surface area contributed by atoms with E-state index in [0.717, 1.165) is 12.8 Å². The average molecular weight is 393 g/mol. The van der Waals surface area contributed by atoms with Gasteiger partial charge < -0.3 is 19.8 Å². The molecule has 2 aliphatic heterocycles. The summed E-state index contributed by atoms with van der Waals surface area (Å²) in [5, 5.41) is 6.88. The molecule has 0 aromatic heterocycles. The van der Waals surface area contributed by atoms with Crippen molar-refractivity contribution in [3.05, 3.63) is 60.2 Å². The fourth-order valence-corrected chi connectivity index (χ4v) is 3.77. The molecular formula is C22H23N3O4. The van der Waals surface area contributed by atoms with Crippen LogP contribution in [0.4, 0.5) is 5.69 Å². The monoisotopic (exact) mass is 393 g/mol. The third-order valence-corrected chi connectivity index (χ3v) is 5.30. The van der Waals surface area contributed by atoms with E-state index >= 15 is 0 Å². The Labute approximate surface area is 169 Å². The van der Waals surface area contributed by atoms with Crippen molar-refractivity contribution in [1.82, 2.24) is 4.90 Å². The Hall–Kier alpha value is -3.35. The van der Waals surface area contributed by atoms with E-state index in [1.807, 2.05) is 30.3 Å². The molecular weight excluding hydrogens is 370 g/mol. The number of hydrogen-bond donors (Lipinski definition) is 1. The smallest absolute Gasteiger partial charge is 0.273 e. The van der Waals surface area contributed by atoms with Gasteiger partial charge in [-0.2, -0.15) is 0 Å². The van der Waals surface area contributed by atoms with E-state index in [4.69, 9.17) is 9.57 Å². The third kappa shape index (κ3) is 4.08. The maximum atomic E-state index is 12.8. The van der Waals surface area contributed by atoms with E-state index in [1.165, 1.54) is 0 Å². The van der Waals surface area contributed by atoms with E-state index in [2.05, 4.69) is 10.5 Å². The van der Waals surface area contributed by atoms with Gasteiger partial charge in [0.1, 0.15) is 11.5 Å². The molecule has 150 valence electrons. The molecule has 1 N–H and O–H groups in total. The molecule has 0 saturated carbocycles. The third-order valence-electron chi connectivity index (χ3n) is 5.30. The molecule has 0 aliphatic carbocycles. The van der Waals surface area contributed by atoms with E-state index in [9.17, 15) is 9.59 Å². The van der Waals surface area contributed by atoms with Gasteiger partial charge in [0, 0.05) is 24.2 Å². The molecule has 4 rings (SSSR count). The highest BCUT2D eigenvalue weighted by Crippen LogP contribution is 2.34. The van der Waals surface area contributed by atoms with E-state index < -0.39 is 5.60 Å². The fourth-order valence-electron chi connectivity index (χ4n) is 3.77. The lowest BCUT2D eigenvalue weighted by Crippen LogP contribution is -2.50. The first kappa shape index (κ1) is 19.0. The summed E-state index contributed by atoms with van der Waals surface area (Å²) in [6, 6.07) is 16.3. The molecule has 7 nitrogen and oxygen atoms in total. The largest absolute Gasteiger partial charge is 0.497 e. The minimum absolute atomic E-state index is 0.0237. The Morgan fingerprint density at radius 1 is 1.14 bits per heavy atom. The quantitative estimate of drug-likeness (QED) is 0.866. The minimum Gasteiger partial charge on any atom is -0.497 e. The van der Waals surface area contributed by atoms with Crippen LogP contribution in [0.3, 0.4) is 0 Å². The van der Waals surface area contributed by atoms with E-state index in [-0.39, 0.29) is 11.8 Å². The number of carbonyl (C=O) groups is 2. The summed E-state index contributed by atoms with van der Waals surface area (Å²) in [7, 11) is 1.59. The van der Waals surface area contributed by atoms with Crippen LogP contribution in [-0.2, 0) is 9.63 Å². The number of oxime groups is 1. The Balaban J connectivity index is 1.39. The van der Waals surface area contributed by atoms with Gasteiger partial charge in [0.2, 0.25) is 0 Å². The van der Waals surface area contributed by atoms with Crippen molar-refractivity contribution in [1.29, 1.82) is 0 Å². The van der Waals surface area contributed by atoms with Gasteiger partial charge in [-0.25, -0.2) is 0 Å². The minimum atomic E-state index is -0.630. The number of likely N-dealkylation sites (tertiary alicyclic amines) is 1. The summed E-state index contributed by atoms with van der Waals surface area (Å²) in [4.78, 5) is 32.9. The number of carbonyl (C=O) groups excluding carboxylic acids is 2. The van der Waals surface area contributed by atoms with Crippen LogP contribution >= 0.6 is 0 Å². The fraction of sp³-hybridized carbons (Fsp3) is 0.318. The highest BCUT2D eigenvalue weighted by Gasteiger charge is 2.45. The first-order chi connectivity index (χ1) is 14.1. The number of amides is 2. The van der Waals surface area contributed by atoms with Crippen LogP contribution in [0, 0.1) is 0 Å². The Kier molecular flexibility index (Phi) is 5.20. The zero-order valence-corrected chi connectivity index (χ0v) is 16.3. The van der Waals surface area contributed by atoms with Gasteiger partial charge in [0.15, 0.2) is 5.60 Å². The van der Waals surface area contributed by atoms with Crippen LogP contribution in [0.15, 0.2) is 59.8 Å². The van der Waals surface area contributed by atoms with Crippen molar-refractivity contribution in [2.75, 3.05) is 25.5 Å². The summed E-state index contributed by atoms with van der Waals surface area (Å²) in [5.41, 5.74) is 1.02. The SMILES string of the molecule is COc1ccc(NC(=O)C2=NOC3(CCCN(C(=O)c4ccccc4)C3)C2)cc1. The first-order valence-electron chi connectivity index (χ1n) is 9.63. The van der Waals surface area contributed by atoms with Crippen molar-refractivity contribution in [3.63, 3.8) is 0 Å². The van der Waals surface area contributed by atoms with Crippen LogP contribution in [0.5, 0.6) is 5.75 Å². The molecule has 2 aliphatic rings. The van der Waals surface area contributed by atoms with Crippen LogP contribution in [0.25, 0.3) is 0 Å². The zero-order chi connectivity index (χ0) is 20.3. The molecule has 1 unspecified atom stereocenters. The van der Waals surface area contributed by atoms with Gasteiger partial charge in [-0.05, 0) is 49.2 Å². The molecule has 2 heterocycles. The van der Waals surface area contributed by atoms with Gasteiger partial charge in [-0.3, -0.25) is 9.59 Å². The molecule has 0 bridgehead atoms. The van der Waals surface area contributed by atoms with Gasteiger partial charge in [-0.15, -0.1) is 0 Å². The van der Waals surface area contributed by atoms with Gasteiger partial charge in [-0.1, -0.05) is 23.4 Å². The lowest BCUT2D eigenvalue weighted by molar-refractivity contribution is -0.110. The number of methoxy groups -OCH3 is 1. The molecule has 2 amide bonds. The highest BCUT2D eigenvalue weighted by molar-refractivity contribution is 6.43. The Morgan fingerprint density at radius 2 is 1.90 bits per heavy atom. The average Bonchev–Trinajstić information content (AvgIpc) is 3.17. The number of benzene rings is 2. The molecule has 1 saturated heterocycles. The number of nitrogens with zero attached hydrogens (tertiary/aromatic N) is 2. The topological polar surface area (TPSA) is 80.2 Å². The summed E-state index contributed by atoms with van der Waals surface area (Å²) in [5.74, 6) is 0.400. The second-order valence-electron chi connectivity index (χ2n) is 7.37. The highest BCUT2D eigenvalue weighted by atomic mass is 16.7. The van der Waals surface area contributed by atoms with E-state index in [0.29, 0.717) is 42.2 Å². The normalized spacial score (nSPS) is 20.7. The summed E-state index contributed by atoms with van der Waals surface area (Å²) < 4.78 is 5.12. The van der Waals surface area contributed by atoms with Crippen molar-refractivity contribution >= 4 is 23.2 Å². The maximum absolute atomic E-state index is 12.8. The van der Waals surface area contributed by atoms with Crippen LogP contribution < -0.4 is 10.1 Å². The molecule has 2 aromatic carbocycles. The summed E-state index contributed by atoms with van der Waals surface area (Å²) >= 11 is 0. The van der Waals surface area contributed by atoms with Crippen molar-refractivity contribution in [2.45, 2.75) is 24.9 Å². The summed E-state index contributed by atoms with van der Waals surface area (Å²) in [6.45, 7) is 1.09. The number of anilines is 1. The molecule has 29 heavy (non-hydrogen) atoms. The predicted octanol–water partition coefficient (Wildman–Crippen LogP) is 3.09. The van der Waals surface area contributed by atoms with Crippen molar-refractivity contribution in [2.24, 2.45) is 5.16 Å². The zero-order valence-electron chi connectivity index (χ0n) is 16.3. The predicted molar refractivity (Wildman–Crippen MR) is 109 cm³/mol. The Bertz CT molecular complexity index is 927. The number of nitrogens with one attached hydrogen (secondary N) is 1. The van der Waals surface area contributed by atoms with E-state index in [1.54, 1.807) is 36.3 Å². The van der Waals surface area contributed by atoms with Gasteiger partial charge in [0.25, 0.3) is 11.8 Å². The number of piperidine rings is 1. The Morgan fingerprint density at radius 3 is 2.62 bits per heavy atom. The standard InChI is InChI=1S/C22H23N3O4/c1-28-18-10-8-17(9-11-18)23-20(26)19-14-22(29-24-19)12-5-13-25(15-22)21(27)16-6-3-2-4-7-16/h2-4,6-11H,5,12-15H2,1H3,(H,23,26). The number of hydrogen-bond acceptors (Lipinski definition) is 5.